The molecule has 2 rings (SSSR count). The highest BCUT2D eigenvalue weighted by atomic mass is 19.1. The number of benzene rings is 1. The van der Waals surface area contributed by atoms with Crippen LogP contribution in [0.4, 0.5) is 8.78 Å². The number of rotatable bonds is 4. The van der Waals surface area contributed by atoms with Crippen molar-refractivity contribution in [3.8, 4) is 0 Å². The quantitative estimate of drug-likeness (QED) is 0.772. The zero-order valence-electron chi connectivity index (χ0n) is 10.9. The average molecular weight is 263 g/mol. The lowest BCUT2D eigenvalue weighted by molar-refractivity contribution is 0.0939. The van der Waals surface area contributed by atoms with Crippen LogP contribution in [0.25, 0.3) is 0 Å². The summed E-state index contributed by atoms with van der Waals surface area (Å²) in [5.41, 5.74) is 1.14. The number of carbonyl (C=O) groups is 1. The highest BCUT2D eigenvalue weighted by Crippen LogP contribution is 2.13. The zero-order chi connectivity index (χ0) is 14.0. The lowest BCUT2D eigenvalue weighted by atomic mass is 10.0. The summed E-state index contributed by atoms with van der Waals surface area (Å²) < 4.78 is 27.9. The van der Waals surface area contributed by atoms with Gasteiger partial charge in [-0.25, -0.2) is 8.78 Å². The largest absolute Gasteiger partial charge is 0.349 e. The molecule has 2 aromatic rings. The van der Waals surface area contributed by atoms with Crippen molar-refractivity contribution in [2.45, 2.75) is 20.4 Å². The minimum Gasteiger partial charge on any atom is -0.349 e. The average Bonchev–Trinajstić information content (AvgIpc) is 2.74. The van der Waals surface area contributed by atoms with Crippen LogP contribution in [0, 0.1) is 17.6 Å². The lowest BCUT2D eigenvalue weighted by Crippen LogP contribution is -2.06. The fourth-order valence-electron chi connectivity index (χ4n) is 1.93. The van der Waals surface area contributed by atoms with Gasteiger partial charge in [-0.2, -0.15) is 0 Å². The highest BCUT2D eigenvalue weighted by molar-refractivity contribution is 5.97. The van der Waals surface area contributed by atoms with Crippen molar-refractivity contribution in [2.75, 3.05) is 0 Å². The molecule has 2 nitrogen and oxygen atoms in total. The second-order valence-corrected chi connectivity index (χ2v) is 4.87. The number of nitrogens with zero attached hydrogens (tertiary/aromatic N) is 1. The maximum atomic E-state index is 13.1. The van der Waals surface area contributed by atoms with Crippen molar-refractivity contribution in [3.05, 3.63) is 59.4 Å². The molecule has 4 heteroatoms. The number of ketones is 1. The number of halogens is 2. The first-order chi connectivity index (χ1) is 8.95. The maximum absolute atomic E-state index is 13.1. The monoisotopic (exact) mass is 263 g/mol. The smallest absolute Gasteiger partial charge is 0.166 e. The van der Waals surface area contributed by atoms with Gasteiger partial charge in [0.15, 0.2) is 5.78 Å². The molecule has 0 spiro atoms. The van der Waals surface area contributed by atoms with Gasteiger partial charge < -0.3 is 4.57 Å². The van der Waals surface area contributed by atoms with Crippen LogP contribution in [-0.4, -0.2) is 10.4 Å². The Morgan fingerprint density at radius 1 is 1.21 bits per heavy atom. The number of aromatic nitrogens is 1. The van der Waals surface area contributed by atoms with Gasteiger partial charge in [-0.15, -0.1) is 0 Å². The maximum Gasteiger partial charge on any atom is 0.166 e. The van der Waals surface area contributed by atoms with Crippen LogP contribution in [0.5, 0.6) is 0 Å². The highest BCUT2D eigenvalue weighted by Gasteiger charge is 2.11. The minimum absolute atomic E-state index is 0.0594. The second kappa shape index (κ2) is 5.34. The molecule has 0 radical (unpaired) electrons. The molecular formula is C15H15F2NO. The Balaban J connectivity index is 2.18. The van der Waals surface area contributed by atoms with E-state index in [0.29, 0.717) is 17.7 Å². The standard InChI is InChI=1S/C15H15F2NO/c1-10(2)15(19)12-3-4-18(9-12)8-11-5-13(16)7-14(17)6-11/h3-7,9-10H,8H2,1-2H3. The van der Waals surface area contributed by atoms with Crippen molar-refractivity contribution in [2.24, 2.45) is 5.92 Å². The molecule has 0 aliphatic heterocycles. The van der Waals surface area contributed by atoms with Gasteiger partial charge in [0.25, 0.3) is 0 Å². The number of carbonyl (C=O) groups excluding carboxylic acids is 1. The predicted octanol–water partition coefficient (Wildman–Crippen LogP) is 3.65. The SMILES string of the molecule is CC(C)C(=O)c1ccn(Cc2cc(F)cc(F)c2)c1. The van der Waals surface area contributed by atoms with Crippen LogP contribution in [0.15, 0.2) is 36.7 Å². The first-order valence-corrected chi connectivity index (χ1v) is 6.10. The van der Waals surface area contributed by atoms with E-state index in [0.717, 1.165) is 6.07 Å². The van der Waals surface area contributed by atoms with Crippen LogP contribution >= 0.6 is 0 Å². The van der Waals surface area contributed by atoms with E-state index >= 15 is 0 Å². The van der Waals surface area contributed by atoms with E-state index in [1.807, 2.05) is 13.8 Å². The molecule has 1 aromatic heterocycles. The number of hydrogen-bond acceptors (Lipinski definition) is 1. The van der Waals surface area contributed by atoms with Crippen LogP contribution in [0.3, 0.4) is 0 Å². The summed E-state index contributed by atoms with van der Waals surface area (Å²) >= 11 is 0. The van der Waals surface area contributed by atoms with Gasteiger partial charge in [0.1, 0.15) is 11.6 Å². The third-order valence-corrected chi connectivity index (χ3v) is 2.85. The molecule has 0 saturated heterocycles. The van der Waals surface area contributed by atoms with Crippen molar-refractivity contribution in [1.29, 1.82) is 0 Å². The molecule has 0 amide bonds. The van der Waals surface area contributed by atoms with E-state index in [1.54, 1.807) is 23.0 Å². The molecular weight excluding hydrogens is 248 g/mol. The Hall–Kier alpha value is -1.97. The summed E-state index contributed by atoms with van der Waals surface area (Å²) in [6.45, 7) is 4.00. The van der Waals surface area contributed by atoms with Crippen LogP contribution < -0.4 is 0 Å². The molecule has 0 bridgehead atoms. The van der Waals surface area contributed by atoms with Gasteiger partial charge in [0, 0.05) is 36.5 Å². The van der Waals surface area contributed by atoms with Gasteiger partial charge >= 0.3 is 0 Å². The zero-order valence-corrected chi connectivity index (χ0v) is 10.9. The summed E-state index contributed by atoms with van der Waals surface area (Å²) in [6.07, 6.45) is 3.43. The Labute approximate surface area is 110 Å². The molecule has 0 aliphatic rings. The van der Waals surface area contributed by atoms with E-state index < -0.39 is 11.6 Å². The summed E-state index contributed by atoms with van der Waals surface area (Å²) in [5, 5.41) is 0. The van der Waals surface area contributed by atoms with Crippen molar-refractivity contribution in [1.82, 2.24) is 4.57 Å². The molecule has 0 N–H and O–H groups in total. The third kappa shape index (κ3) is 3.28. The van der Waals surface area contributed by atoms with E-state index in [2.05, 4.69) is 0 Å². The molecule has 0 fully saturated rings. The summed E-state index contributed by atoms with van der Waals surface area (Å²) in [6, 6.07) is 5.13. The Morgan fingerprint density at radius 2 is 1.84 bits per heavy atom. The predicted molar refractivity (Wildman–Crippen MR) is 69.1 cm³/mol. The van der Waals surface area contributed by atoms with Gasteiger partial charge in [-0.1, -0.05) is 13.8 Å². The fourth-order valence-corrected chi connectivity index (χ4v) is 1.93. The van der Waals surface area contributed by atoms with Crippen molar-refractivity contribution < 1.29 is 13.6 Å². The molecule has 1 aromatic carbocycles. The second-order valence-electron chi connectivity index (χ2n) is 4.87. The molecule has 0 atom stereocenters. The molecule has 19 heavy (non-hydrogen) atoms. The van der Waals surface area contributed by atoms with Gasteiger partial charge in [-0.05, 0) is 23.8 Å². The van der Waals surface area contributed by atoms with Crippen molar-refractivity contribution >= 4 is 5.78 Å². The van der Waals surface area contributed by atoms with Crippen LogP contribution in [0.2, 0.25) is 0 Å². The van der Waals surface area contributed by atoms with Crippen LogP contribution in [0.1, 0.15) is 29.8 Å². The van der Waals surface area contributed by atoms with E-state index in [-0.39, 0.29) is 11.7 Å². The van der Waals surface area contributed by atoms with E-state index in [9.17, 15) is 13.6 Å². The summed E-state index contributed by atoms with van der Waals surface area (Å²) in [7, 11) is 0. The fraction of sp³-hybridized carbons (Fsp3) is 0.267. The number of hydrogen-bond donors (Lipinski definition) is 0. The van der Waals surface area contributed by atoms with Gasteiger partial charge in [0.05, 0.1) is 0 Å². The van der Waals surface area contributed by atoms with Crippen molar-refractivity contribution in [3.63, 3.8) is 0 Å². The first kappa shape index (κ1) is 13.5. The molecule has 0 saturated carbocycles. The van der Waals surface area contributed by atoms with Gasteiger partial charge in [0.2, 0.25) is 0 Å². The Bertz CT molecular complexity index is 582. The Morgan fingerprint density at radius 3 is 2.42 bits per heavy atom. The van der Waals surface area contributed by atoms with Gasteiger partial charge in [-0.3, -0.25) is 4.79 Å². The first-order valence-electron chi connectivity index (χ1n) is 6.10. The van der Waals surface area contributed by atoms with Crippen LogP contribution in [-0.2, 0) is 6.54 Å². The Kier molecular flexibility index (Phi) is 3.79. The topological polar surface area (TPSA) is 22.0 Å². The molecule has 1 heterocycles. The van der Waals surface area contributed by atoms with E-state index in [1.165, 1.54) is 12.1 Å². The lowest BCUT2D eigenvalue weighted by Gasteiger charge is -2.04. The molecule has 0 unspecified atom stereocenters. The number of Topliss-reactive ketones (excluding diaryl/α,β-unsaturated/α-hetero) is 1. The summed E-state index contributed by atoms with van der Waals surface area (Å²) in [4.78, 5) is 11.8. The molecule has 100 valence electrons. The summed E-state index contributed by atoms with van der Waals surface area (Å²) in [5.74, 6) is -1.20. The molecule has 0 aliphatic carbocycles. The normalized spacial score (nSPS) is 11.0. The van der Waals surface area contributed by atoms with E-state index in [4.69, 9.17) is 0 Å². The third-order valence-electron chi connectivity index (χ3n) is 2.85. The minimum atomic E-state index is -0.597.